The van der Waals surface area contributed by atoms with Crippen molar-refractivity contribution in [1.29, 1.82) is 5.26 Å². The molecule has 2 aromatic rings. The number of pyridine rings is 1. The first-order valence-corrected chi connectivity index (χ1v) is 6.58. The van der Waals surface area contributed by atoms with Gasteiger partial charge in [-0.1, -0.05) is 22.0 Å². The number of fused-ring (bicyclic) bond motifs is 1. The Morgan fingerprint density at radius 2 is 2.26 bits per heavy atom. The maximum Gasteiger partial charge on any atom is 0.340 e. The molecule has 0 spiro atoms. The van der Waals surface area contributed by atoms with E-state index in [2.05, 4.69) is 20.9 Å². The molecular formula is C14H11BrN2O2. The molecule has 0 bridgehead atoms. The van der Waals surface area contributed by atoms with Crippen LogP contribution in [0.2, 0.25) is 0 Å². The van der Waals surface area contributed by atoms with Crippen LogP contribution < -0.4 is 0 Å². The molecule has 0 aliphatic heterocycles. The maximum absolute atomic E-state index is 11.9. The van der Waals surface area contributed by atoms with Crippen molar-refractivity contribution in [3.63, 3.8) is 0 Å². The molecule has 0 aliphatic rings. The van der Waals surface area contributed by atoms with Crippen LogP contribution in [-0.4, -0.2) is 17.6 Å². The Labute approximate surface area is 119 Å². The highest BCUT2D eigenvalue weighted by atomic mass is 79.9. The lowest BCUT2D eigenvalue weighted by atomic mass is 10.1. The van der Waals surface area contributed by atoms with Crippen LogP contribution in [0, 0.1) is 11.3 Å². The summed E-state index contributed by atoms with van der Waals surface area (Å²) in [6.07, 6.45) is 0.0800. The molecule has 4 nitrogen and oxygen atoms in total. The van der Waals surface area contributed by atoms with Gasteiger partial charge < -0.3 is 4.74 Å². The minimum atomic E-state index is -0.440. The fourth-order valence-electron chi connectivity index (χ4n) is 1.78. The minimum Gasteiger partial charge on any atom is -0.462 e. The number of benzene rings is 1. The van der Waals surface area contributed by atoms with Gasteiger partial charge in [0.1, 0.15) is 0 Å². The SMILES string of the molecule is CCOC(=O)c1cc2ccc(Br)cc2nc1CC#N. The molecule has 96 valence electrons. The highest BCUT2D eigenvalue weighted by molar-refractivity contribution is 9.10. The van der Waals surface area contributed by atoms with E-state index >= 15 is 0 Å². The molecule has 0 saturated carbocycles. The summed E-state index contributed by atoms with van der Waals surface area (Å²) >= 11 is 3.37. The van der Waals surface area contributed by atoms with E-state index in [1.165, 1.54) is 0 Å². The second-order valence-corrected chi connectivity index (χ2v) is 4.79. The summed E-state index contributed by atoms with van der Waals surface area (Å²) in [5.41, 5.74) is 1.55. The number of halogens is 1. The third-order valence-electron chi connectivity index (χ3n) is 2.60. The summed E-state index contributed by atoms with van der Waals surface area (Å²) in [5, 5.41) is 9.67. The summed E-state index contributed by atoms with van der Waals surface area (Å²) in [5.74, 6) is -0.440. The first kappa shape index (κ1) is 13.5. The molecule has 1 heterocycles. The predicted molar refractivity (Wildman–Crippen MR) is 74.7 cm³/mol. The Kier molecular flexibility index (Phi) is 4.13. The number of rotatable bonds is 3. The van der Waals surface area contributed by atoms with Crippen molar-refractivity contribution >= 4 is 32.8 Å². The minimum absolute atomic E-state index is 0.0800. The zero-order chi connectivity index (χ0) is 13.8. The number of carbonyl (C=O) groups is 1. The molecule has 0 unspecified atom stereocenters. The second-order valence-electron chi connectivity index (χ2n) is 3.88. The van der Waals surface area contributed by atoms with E-state index < -0.39 is 5.97 Å². The van der Waals surface area contributed by atoms with E-state index in [-0.39, 0.29) is 6.42 Å². The zero-order valence-electron chi connectivity index (χ0n) is 10.3. The quantitative estimate of drug-likeness (QED) is 0.815. The number of aromatic nitrogens is 1. The van der Waals surface area contributed by atoms with Crippen LogP contribution in [0.1, 0.15) is 23.0 Å². The first-order chi connectivity index (χ1) is 9.15. The fourth-order valence-corrected chi connectivity index (χ4v) is 2.12. The van der Waals surface area contributed by atoms with Gasteiger partial charge in [-0.25, -0.2) is 4.79 Å². The van der Waals surface area contributed by atoms with Crippen molar-refractivity contribution in [2.24, 2.45) is 0 Å². The lowest BCUT2D eigenvalue weighted by Crippen LogP contribution is -2.09. The van der Waals surface area contributed by atoms with Gasteiger partial charge in [0, 0.05) is 9.86 Å². The molecule has 0 saturated heterocycles. The Morgan fingerprint density at radius 3 is 2.95 bits per heavy atom. The van der Waals surface area contributed by atoms with Crippen molar-refractivity contribution in [3.8, 4) is 6.07 Å². The van der Waals surface area contributed by atoms with E-state index in [0.29, 0.717) is 17.9 Å². The van der Waals surface area contributed by atoms with E-state index in [1.807, 2.05) is 24.3 Å². The molecule has 0 amide bonds. The molecule has 2 rings (SSSR count). The van der Waals surface area contributed by atoms with Gasteiger partial charge in [0.2, 0.25) is 0 Å². The summed E-state index contributed by atoms with van der Waals surface area (Å²) in [7, 11) is 0. The van der Waals surface area contributed by atoms with Gasteiger partial charge in [0.25, 0.3) is 0 Å². The average Bonchev–Trinajstić information content (AvgIpc) is 2.38. The smallest absolute Gasteiger partial charge is 0.340 e. The van der Waals surface area contributed by atoms with Crippen LogP contribution in [0.4, 0.5) is 0 Å². The van der Waals surface area contributed by atoms with Crippen molar-refractivity contribution in [1.82, 2.24) is 4.98 Å². The standard InChI is InChI=1S/C14H11BrN2O2/c1-2-19-14(18)11-7-9-3-4-10(15)8-13(9)17-12(11)5-6-16/h3-4,7-8H,2,5H2,1H3. The van der Waals surface area contributed by atoms with Gasteiger partial charge >= 0.3 is 5.97 Å². The zero-order valence-corrected chi connectivity index (χ0v) is 11.9. The Balaban J connectivity index is 2.60. The topological polar surface area (TPSA) is 63.0 Å². The highest BCUT2D eigenvalue weighted by Gasteiger charge is 2.15. The molecule has 0 N–H and O–H groups in total. The van der Waals surface area contributed by atoms with Gasteiger partial charge in [-0.05, 0) is 25.1 Å². The van der Waals surface area contributed by atoms with Gasteiger partial charge in [0.15, 0.2) is 0 Å². The Morgan fingerprint density at radius 1 is 1.47 bits per heavy atom. The normalized spacial score (nSPS) is 10.2. The van der Waals surface area contributed by atoms with E-state index in [0.717, 1.165) is 15.4 Å². The van der Waals surface area contributed by atoms with Gasteiger partial charge in [-0.3, -0.25) is 4.98 Å². The van der Waals surface area contributed by atoms with Crippen LogP contribution in [-0.2, 0) is 11.2 Å². The lowest BCUT2D eigenvalue weighted by Gasteiger charge is -2.08. The molecule has 0 aliphatic carbocycles. The number of esters is 1. The van der Waals surface area contributed by atoms with E-state index in [9.17, 15) is 4.79 Å². The van der Waals surface area contributed by atoms with Gasteiger partial charge in [-0.2, -0.15) is 5.26 Å². The van der Waals surface area contributed by atoms with E-state index in [4.69, 9.17) is 10.00 Å². The van der Waals surface area contributed by atoms with Crippen molar-refractivity contribution in [2.75, 3.05) is 6.61 Å². The summed E-state index contributed by atoms with van der Waals surface area (Å²) in [6, 6.07) is 9.34. The molecule has 0 fully saturated rings. The Hall–Kier alpha value is -1.93. The number of ether oxygens (including phenoxy) is 1. The first-order valence-electron chi connectivity index (χ1n) is 5.79. The summed E-state index contributed by atoms with van der Waals surface area (Å²) in [4.78, 5) is 16.2. The monoisotopic (exact) mass is 318 g/mol. The number of nitrogens with zero attached hydrogens (tertiary/aromatic N) is 2. The average molecular weight is 319 g/mol. The summed E-state index contributed by atoms with van der Waals surface area (Å²) in [6.45, 7) is 2.04. The van der Waals surface area contributed by atoms with Gasteiger partial charge in [-0.15, -0.1) is 0 Å². The molecule has 0 atom stereocenters. The van der Waals surface area contributed by atoms with Crippen LogP contribution in [0.15, 0.2) is 28.7 Å². The molecule has 1 aromatic heterocycles. The van der Waals surface area contributed by atoms with Crippen LogP contribution in [0.25, 0.3) is 10.9 Å². The lowest BCUT2D eigenvalue weighted by molar-refractivity contribution is 0.0525. The summed E-state index contributed by atoms with van der Waals surface area (Å²) < 4.78 is 5.89. The fraction of sp³-hybridized carbons (Fsp3) is 0.214. The second kappa shape index (κ2) is 5.81. The molecule has 19 heavy (non-hydrogen) atoms. The number of carbonyl (C=O) groups excluding carboxylic acids is 1. The molecule has 0 radical (unpaired) electrons. The molecular weight excluding hydrogens is 308 g/mol. The number of hydrogen-bond donors (Lipinski definition) is 0. The van der Waals surface area contributed by atoms with Crippen molar-refractivity contribution in [3.05, 3.63) is 40.0 Å². The van der Waals surface area contributed by atoms with Crippen LogP contribution in [0.5, 0.6) is 0 Å². The van der Waals surface area contributed by atoms with Crippen molar-refractivity contribution in [2.45, 2.75) is 13.3 Å². The number of hydrogen-bond acceptors (Lipinski definition) is 4. The predicted octanol–water partition coefficient (Wildman–Crippen LogP) is 3.24. The maximum atomic E-state index is 11.9. The highest BCUT2D eigenvalue weighted by Crippen LogP contribution is 2.22. The Bertz CT molecular complexity index is 677. The van der Waals surface area contributed by atoms with Gasteiger partial charge in [0.05, 0.1) is 35.9 Å². The van der Waals surface area contributed by atoms with Crippen LogP contribution >= 0.6 is 15.9 Å². The molecule has 1 aromatic carbocycles. The van der Waals surface area contributed by atoms with E-state index in [1.54, 1.807) is 13.0 Å². The van der Waals surface area contributed by atoms with Crippen molar-refractivity contribution < 1.29 is 9.53 Å². The third-order valence-corrected chi connectivity index (χ3v) is 3.09. The van der Waals surface area contributed by atoms with Crippen LogP contribution in [0.3, 0.4) is 0 Å². The number of nitriles is 1. The third kappa shape index (κ3) is 2.91. The largest absolute Gasteiger partial charge is 0.462 e. The molecule has 5 heteroatoms.